The highest BCUT2D eigenvalue weighted by Gasteiger charge is 2.70. The minimum atomic E-state index is -1.91. The summed E-state index contributed by atoms with van der Waals surface area (Å²) in [6, 6.07) is 0. The lowest BCUT2D eigenvalue weighted by molar-refractivity contribution is -0.148. The molecule has 4 nitrogen and oxygen atoms in total. The number of allylic oxidation sites excluding steroid dienone is 1. The summed E-state index contributed by atoms with van der Waals surface area (Å²) in [4.78, 5) is 24.6. The van der Waals surface area contributed by atoms with Crippen LogP contribution in [0.3, 0.4) is 0 Å². The number of fused-ring (bicyclic) bond motifs is 1. The molecule has 0 aliphatic heterocycles. The van der Waals surface area contributed by atoms with Crippen LogP contribution in [0.1, 0.15) is 47.0 Å². The maximum atomic E-state index is 12.5. The molecule has 0 saturated heterocycles. The quantitative estimate of drug-likeness (QED) is 0.560. The third-order valence-electron chi connectivity index (χ3n) is 7.32. The number of ether oxygens (including phenoxy) is 2. The van der Waals surface area contributed by atoms with Crippen LogP contribution in [0.2, 0.25) is 23.2 Å². The van der Waals surface area contributed by atoms with Crippen LogP contribution >= 0.6 is 0 Å². The van der Waals surface area contributed by atoms with Crippen LogP contribution in [0.4, 0.5) is 0 Å². The van der Waals surface area contributed by atoms with Crippen LogP contribution < -0.4 is 0 Å². The second-order valence-electron chi connectivity index (χ2n) is 9.21. The molecule has 0 aromatic carbocycles. The van der Waals surface area contributed by atoms with E-state index in [4.69, 9.17) is 9.47 Å². The normalized spacial score (nSPS) is 33.0. The highest BCUT2D eigenvalue weighted by Crippen LogP contribution is 2.76. The number of carbonyl (C=O) groups is 2. The van der Waals surface area contributed by atoms with Gasteiger partial charge in [-0.2, -0.15) is 0 Å². The zero-order valence-corrected chi connectivity index (χ0v) is 17.4. The molecule has 1 fully saturated rings. The van der Waals surface area contributed by atoms with E-state index in [1.165, 1.54) is 14.2 Å². The van der Waals surface area contributed by atoms with Gasteiger partial charge < -0.3 is 9.47 Å². The molecule has 2 aliphatic carbocycles. The summed E-state index contributed by atoms with van der Waals surface area (Å²) in [5.41, 5.74) is 0.707. The third-order valence-corrected chi connectivity index (χ3v) is 14.3. The maximum Gasteiger partial charge on any atom is 0.333 e. The second kappa shape index (κ2) is 5.72. The van der Waals surface area contributed by atoms with E-state index >= 15 is 0 Å². The highest BCUT2D eigenvalue weighted by atomic mass is 28.3. The van der Waals surface area contributed by atoms with E-state index in [1.807, 2.05) is 0 Å². The molecule has 0 heterocycles. The van der Waals surface area contributed by atoms with Crippen molar-refractivity contribution in [2.75, 3.05) is 14.2 Å². The first-order valence-electron chi connectivity index (χ1n) is 8.77. The lowest BCUT2D eigenvalue weighted by atomic mass is 9.53. The number of carbonyl (C=O) groups excluding carboxylic acids is 2. The SMILES string of the molecule is COC(=O)C1=C[C@@]2(C)CC(C(=O)OC)CC[C@@]12[Si](C)(C)C(C)(C)C. The van der Waals surface area contributed by atoms with E-state index in [0.29, 0.717) is 0 Å². The summed E-state index contributed by atoms with van der Waals surface area (Å²) < 4.78 is 10.1. The first kappa shape index (κ1) is 19.2. The van der Waals surface area contributed by atoms with Gasteiger partial charge in [0.2, 0.25) is 0 Å². The molecule has 0 radical (unpaired) electrons. The maximum absolute atomic E-state index is 12.5. The average Bonchev–Trinajstić information content (AvgIpc) is 2.48. The summed E-state index contributed by atoms with van der Waals surface area (Å²) in [7, 11) is 0.997. The molecule has 1 unspecified atom stereocenters. The molecule has 0 bridgehead atoms. The van der Waals surface area contributed by atoms with E-state index in [1.54, 1.807) is 0 Å². The summed E-state index contributed by atoms with van der Waals surface area (Å²) in [5.74, 6) is -0.401. The lowest BCUT2D eigenvalue weighted by Crippen LogP contribution is -2.64. The van der Waals surface area contributed by atoms with Crippen LogP contribution in [0, 0.1) is 11.3 Å². The Balaban J connectivity index is 2.55. The minimum Gasteiger partial charge on any atom is -0.469 e. The average molecular weight is 353 g/mol. The molecule has 3 atom stereocenters. The molecule has 2 aliphatic rings. The second-order valence-corrected chi connectivity index (χ2v) is 14.8. The van der Waals surface area contributed by atoms with E-state index in [9.17, 15) is 9.59 Å². The molecule has 5 heteroatoms. The highest BCUT2D eigenvalue weighted by molar-refractivity contribution is 6.84. The van der Waals surface area contributed by atoms with Crippen molar-refractivity contribution in [3.63, 3.8) is 0 Å². The van der Waals surface area contributed by atoms with E-state index < -0.39 is 8.07 Å². The molecular weight excluding hydrogens is 320 g/mol. The first-order valence-corrected chi connectivity index (χ1v) is 11.8. The predicted molar refractivity (Wildman–Crippen MR) is 97.5 cm³/mol. The third kappa shape index (κ3) is 2.31. The Hall–Kier alpha value is -1.10. The van der Waals surface area contributed by atoms with Crippen molar-refractivity contribution in [3.05, 3.63) is 11.6 Å². The Bertz CT molecular complexity index is 587. The number of rotatable bonds is 3. The molecule has 0 spiro atoms. The number of methoxy groups -OCH3 is 2. The fourth-order valence-electron chi connectivity index (χ4n) is 5.17. The van der Waals surface area contributed by atoms with Gasteiger partial charge in [-0.1, -0.05) is 46.9 Å². The molecular formula is C19H32O4Si. The summed E-state index contributed by atoms with van der Waals surface area (Å²) in [5, 5.41) is -0.00421. The van der Waals surface area contributed by atoms with Gasteiger partial charge >= 0.3 is 11.9 Å². The Morgan fingerprint density at radius 3 is 2.21 bits per heavy atom. The lowest BCUT2D eigenvalue weighted by Gasteiger charge is -2.68. The topological polar surface area (TPSA) is 52.6 Å². The largest absolute Gasteiger partial charge is 0.469 e. The standard InChI is InChI=1S/C19H32O4Si/c1-17(2,3)24(7,8)19-10-9-13(15(20)22-5)11-18(19,4)12-14(19)16(21)23-6/h12-13H,9-11H2,1-8H3/t13?,18-,19-/m1/s1. The van der Waals surface area contributed by atoms with Gasteiger partial charge in [0.05, 0.1) is 28.2 Å². The van der Waals surface area contributed by atoms with Gasteiger partial charge in [0.25, 0.3) is 0 Å². The van der Waals surface area contributed by atoms with Crippen LogP contribution in [0.25, 0.3) is 0 Å². The summed E-state index contributed by atoms with van der Waals surface area (Å²) in [6.45, 7) is 13.9. The molecule has 0 N–H and O–H groups in total. The van der Waals surface area contributed by atoms with E-state index in [2.05, 4.69) is 46.9 Å². The molecule has 2 rings (SSSR count). The van der Waals surface area contributed by atoms with Gasteiger partial charge in [-0.3, -0.25) is 4.79 Å². The summed E-state index contributed by atoms with van der Waals surface area (Å²) in [6.07, 6.45) is 4.48. The zero-order chi connectivity index (χ0) is 18.6. The van der Waals surface area contributed by atoms with Crippen molar-refractivity contribution in [3.8, 4) is 0 Å². The van der Waals surface area contributed by atoms with Crippen LogP contribution in [-0.4, -0.2) is 34.2 Å². The number of hydrogen-bond donors (Lipinski definition) is 0. The van der Waals surface area contributed by atoms with Crippen molar-refractivity contribution in [1.82, 2.24) is 0 Å². The van der Waals surface area contributed by atoms with Crippen molar-refractivity contribution in [1.29, 1.82) is 0 Å². The van der Waals surface area contributed by atoms with Crippen molar-refractivity contribution in [2.45, 2.75) is 70.1 Å². The van der Waals surface area contributed by atoms with Gasteiger partial charge in [0.15, 0.2) is 0 Å². The number of esters is 2. The van der Waals surface area contributed by atoms with Crippen LogP contribution in [0.5, 0.6) is 0 Å². The van der Waals surface area contributed by atoms with Crippen LogP contribution in [-0.2, 0) is 19.1 Å². The molecule has 0 amide bonds. The zero-order valence-electron chi connectivity index (χ0n) is 16.4. The van der Waals surface area contributed by atoms with Gasteiger partial charge in [0.1, 0.15) is 0 Å². The smallest absolute Gasteiger partial charge is 0.333 e. The molecule has 1 saturated carbocycles. The molecule has 136 valence electrons. The Kier molecular flexibility index (Phi) is 4.58. The monoisotopic (exact) mass is 352 g/mol. The first-order chi connectivity index (χ1) is 10.9. The fourth-order valence-corrected chi connectivity index (χ4v) is 9.67. The van der Waals surface area contributed by atoms with Gasteiger partial charge in [0, 0.05) is 10.6 Å². The summed E-state index contributed by atoms with van der Waals surface area (Å²) >= 11 is 0. The molecule has 0 aromatic rings. The van der Waals surface area contributed by atoms with Gasteiger partial charge in [-0.05, 0) is 29.7 Å². The number of hydrogen-bond acceptors (Lipinski definition) is 4. The Morgan fingerprint density at radius 2 is 1.79 bits per heavy atom. The Labute approximate surface area is 147 Å². The van der Waals surface area contributed by atoms with Crippen LogP contribution in [0.15, 0.2) is 11.6 Å². The fraction of sp³-hybridized carbons (Fsp3) is 0.789. The van der Waals surface area contributed by atoms with E-state index in [-0.39, 0.29) is 33.3 Å². The van der Waals surface area contributed by atoms with Crippen molar-refractivity contribution < 1.29 is 19.1 Å². The molecule has 0 aromatic heterocycles. The predicted octanol–water partition coefficient (Wildman–Crippen LogP) is 4.33. The molecule has 24 heavy (non-hydrogen) atoms. The van der Waals surface area contributed by atoms with E-state index in [0.717, 1.165) is 24.8 Å². The van der Waals surface area contributed by atoms with Crippen molar-refractivity contribution >= 4 is 20.0 Å². The van der Waals surface area contributed by atoms with Gasteiger partial charge in [-0.25, -0.2) is 4.79 Å². The minimum absolute atomic E-state index is 0.0756. The van der Waals surface area contributed by atoms with Crippen molar-refractivity contribution in [2.24, 2.45) is 11.3 Å². The van der Waals surface area contributed by atoms with Gasteiger partial charge in [-0.15, -0.1) is 0 Å². The Morgan fingerprint density at radius 1 is 1.21 bits per heavy atom.